The Hall–Kier alpha value is -1.13. The van der Waals surface area contributed by atoms with E-state index in [0.29, 0.717) is 12.5 Å². The van der Waals surface area contributed by atoms with Gasteiger partial charge in [-0.05, 0) is 31.4 Å². The van der Waals surface area contributed by atoms with Gasteiger partial charge in [0.15, 0.2) is 0 Å². The van der Waals surface area contributed by atoms with Crippen molar-refractivity contribution in [1.82, 2.24) is 4.98 Å². The van der Waals surface area contributed by atoms with Crippen LogP contribution < -0.4 is 10.5 Å². The highest BCUT2D eigenvalue weighted by atomic mass is 16.5. The van der Waals surface area contributed by atoms with Crippen LogP contribution in [0.5, 0.6) is 5.75 Å². The van der Waals surface area contributed by atoms with Crippen LogP contribution in [-0.2, 0) is 4.74 Å². The third-order valence-corrected chi connectivity index (χ3v) is 3.13. The summed E-state index contributed by atoms with van der Waals surface area (Å²) in [5.74, 6) is 1.18. The van der Waals surface area contributed by atoms with Crippen LogP contribution in [0.25, 0.3) is 0 Å². The second-order valence-corrected chi connectivity index (χ2v) is 4.39. The zero-order chi connectivity index (χ0) is 12.1. The van der Waals surface area contributed by atoms with E-state index in [0.717, 1.165) is 37.4 Å². The third kappa shape index (κ3) is 3.17. The van der Waals surface area contributed by atoms with Crippen molar-refractivity contribution in [3.63, 3.8) is 0 Å². The Balaban J connectivity index is 2.06. The first-order valence-corrected chi connectivity index (χ1v) is 6.22. The molecular weight excluding hydrogens is 216 g/mol. The number of nitrogens with two attached hydrogens (primary N) is 1. The molecular formula is C13H20N2O2. The molecule has 0 aliphatic carbocycles. The maximum absolute atomic E-state index is 6.26. The summed E-state index contributed by atoms with van der Waals surface area (Å²) in [5, 5.41) is 0. The number of ether oxygens (including phenoxy) is 2. The van der Waals surface area contributed by atoms with E-state index < -0.39 is 0 Å². The first-order valence-electron chi connectivity index (χ1n) is 6.22. The van der Waals surface area contributed by atoms with E-state index in [1.165, 1.54) is 0 Å². The first kappa shape index (κ1) is 12.3. The van der Waals surface area contributed by atoms with Gasteiger partial charge in [0.25, 0.3) is 0 Å². The molecule has 2 atom stereocenters. The topological polar surface area (TPSA) is 57.4 Å². The fourth-order valence-corrected chi connectivity index (χ4v) is 2.18. The van der Waals surface area contributed by atoms with Gasteiger partial charge < -0.3 is 15.2 Å². The van der Waals surface area contributed by atoms with Crippen LogP contribution in [0.1, 0.15) is 31.4 Å². The van der Waals surface area contributed by atoms with Crippen molar-refractivity contribution in [1.29, 1.82) is 0 Å². The molecule has 17 heavy (non-hydrogen) atoms. The minimum Gasteiger partial charge on any atom is -0.492 e. The lowest BCUT2D eigenvalue weighted by Gasteiger charge is -2.27. The van der Waals surface area contributed by atoms with Crippen LogP contribution in [0.3, 0.4) is 0 Å². The Kier molecular flexibility index (Phi) is 4.34. The molecule has 1 saturated heterocycles. The Labute approximate surface area is 102 Å². The van der Waals surface area contributed by atoms with E-state index in [-0.39, 0.29) is 6.04 Å². The molecule has 0 spiro atoms. The van der Waals surface area contributed by atoms with Crippen LogP contribution in [0.15, 0.2) is 18.5 Å². The van der Waals surface area contributed by atoms with E-state index in [9.17, 15) is 0 Å². The highest BCUT2D eigenvalue weighted by Gasteiger charge is 2.22. The number of pyridine rings is 1. The highest BCUT2D eigenvalue weighted by molar-refractivity contribution is 5.26. The minimum absolute atomic E-state index is 0.0109. The molecule has 4 nitrogen and oxygen atoms in total. The summed E-state index contributed by atoms with van der Waals surface area (Å²) in [6.45, 7) is 4.22. The van der Waals surface area contributed by atoms with Gasteiger partial charge in [0.2, 0.25) is 0 Å². The van der Waals surface area contributed by atoms with Gasteiger partial charge in [0, 0.05) is 24.8 Å². The molecule has 0 saturated carbocycles. The van der Waals surface area contributed by atoms with Crippen molar-refractivity contribution in [3.8, 4) is 5.75 Å². The molecule has 2 heterocycles. The molecule has 1 aliphatic rings. The smallest absolute Gasteiger partial charge is 0.137 e. The zero-order valence-corrected chi connectivity index (χ0v) is 10.3. The highest BCUT2D eigenvalue weighted by Crippen LogP contribution is 2.27. The molecule has 0 bridgehead atoms. The molecule has 2 rings (SSSR count). The maximum atomic E-state index is 6.26. The molecule has 0 radical (unpaired) electrons. The minimum atomic E-state index is -0.0109. The largest absolute Gasteiger partial charge is 0.492 e. The van der Waals surface area contributed by atoms with Crippen molar-refractivity contribution in [2.75, 3.05) is 19.8 Å². The van der Waals surface area contributed by atoms with Crippen LogP contribution in [0, 0.1) is 5.92 Å². The van der Waals surface area contributed by atoms with E-state index in [1.807, 2.05) is 19.2 Å². The maximum Gasteiger partial charge on any atom is 0.137 e. The lowest BCUT2D eigenvalue weighted by molar-refractivity contribution is 0.0447. The normalized spacial score (nSPS) is 22.1. The zero-order valence-electron chi connectivity index (χ0n) is 10.3. The van der Waals surface area contributed by atoms with Crippen molar-refractivity contribution < 1.29 is 9.47 Å². The van der Waals surface area contributed by atoms with Crippen molar-refractivity contribution in [2.45, 2.75) is 25.8 Å². The third-order valence-electron chi connectivity index (χ3n) is 3.13. The molecule has 1 fully saturated rings. The monoisotopic (exact) mass is 236 g/mol. The molecule has 4 heteroatoms. The molecule has 2 N–H and O–H groups in total. The van der Waals surface area contributed by atoms with Crippen molar-refractivity contribution in [3.05, 3.63) is 24.0 Å². The quantitative estimate of drug-likeness (QED) is 0.867. The van der Waals surface area contributed by atoms with Gasteiger partial charge in [0.1, 0.15) is 5.75 Å². The molecule has 0 amide bonds. The van der Waals surface area contributed by atoms with Crippen LogP contribution >= 0.6 is 0 Å². The first-order chi connectivity index (χ1) is 8.31. The average Bonchev–Trinajstić information content (AvgIpc) is 2.40. The second kappa shape index (κ2) is 5.98. The van der Waals surface area contributed by atoms with Crippen molar-refractivity contribution >= 4 is 0 Å². The number of nitrogens with zero attached hydrogens (tertiary/aromatic N) is 1. The van der Waals surface area contributed by atoms with Crippen molar-refractivity contribution in [2.24, 2.45) is 11.7 Å². The number of rotatable bonds is 4. The SMILES string of the molecule is CCOc1cncc(C(N)C2CCCOC2)c1. The molecule has 1 aromatic heterocycles. The van der Waals surface area contributed by atoms with Crippen LogP contribution in [-0.4, -0.2) is 24.8 Å². The van der Waals surface area contributed by atoms with Crippen LogP contribution in [0.2, 0.25) is 0 Å². The number of aromatic nitrogens is 1. The fraction of sp³-hybridized carbons (Fsp3) is 0.615. The standard InChI is InChI=1S/C13H20N2O2/c1-2-17-12-6-11(7-15-8-12)13(14)10-4-3-5-16-9-10/h6-8,10,13H,2-5,9,14H2,1H3. The molecule has 2 unspecified atom stereocenters. The molecule has 94 valence electrons. The predicted octanol–water partition coefficient (Wildman–Crippen LogP) is 1.91. The Morgan fingerprint density at radius 3 is 3.18 bits per heavy atom. The van der Waals surface area contributed by atoms with Gasteiger partial charge in [-0.1, -0.05) is 0 Å². The predicted molar refractivity (Wildman–Crippen MR) is 65.9 cm³/mol. The summed E-state index contributed by atoms with van der Waals surface area (Å²) in [7, 11) is 0. The molecule has 0 aromatic carbocycles. The second-order valence-electron chi connectivity index (χ2n) is 4.39. The summed E-state index contributed by atoms with van der Waals surface area (Å²) in [6.07, 6.45) is 5.76. The van der Waals surface area contributed by atoms with Crippen LogP contribution in [0.4, 0.5) is 0 Å². The number of hydrogen-bond donors (Lipinski definition) is 1. The van der Waals surface area contributed by atoms with Gasteiger partial charge in [-0.2, -0.15) is 0 Å². The van der Waals surface area contributed by atoms with Gasteiger partial charge >= 0.3 is 0 Å². The summed E-state index contributed by atoms with van der Waals surface area (Å²) >= 11 is 0. The summed E-state index contributed by atoms with van der Waals surface area (Å²) in [4.78, 5) is 4.17. The number of hydrogen-bond acceptors (Lipinski definition) is 4. The lowest BCUT2D eigenvalue weighted by Crippen LogP contribution is -2.29. The van der Waals surface area contributed by atoms with E-state index >= 15 is 0 Å². The van der Waals surface area contributed by atoms with Gasteiger partial charge in [-0.15, -0.1) is 0 Å². The average molecular weight is 236 g/mol. The summed E-state index contributed by atoms with van der Waals surface area (Å²) < 4.78 is 10.9. The Morgan fingerprint density at radius 1 is 1.59 bits per heavy atom. The lowest BCUT2D eigenvalue weighted by atomic mass is 9.90. The molecule has 1 aliphatic heterocycles. The Morgan fingerprint density at radius 2 is 2.47 bits per heavy atom. The van der Waals surface area contributed by atoms with E-state index in [2.05, 4.69) is 4.98 Å². The van der Waals surface area contributed by atoms with Gasteiger partial charge in [-0.3, -0.25) is 4.98 Å². The van der Waals surface area contributed by atoms with Gasteiger partial charge in [-0.25, -0.2) is 0 Å². The van der Waals surface area contributed by atoms with E-state index in [1.54, 1.807) is 6.20 Å². The molecule has 1 aromatic rings. The summed E-state index contributed by atoms with van der Waals surface area (Å²) in [5.41, 5.74) is 7.29. The Bertz CT molecular complexity index is 351. The fourth-order valence-electron chi connectivity index (χ4n) is 2.18. The van der Waals surface area contributed by atoms with E-state index in [4.69, 9.17) is 15.2 Å². The van der Waals surface area contributed by atoms with Gasteiger partial charge in [0.05, 0.1) is 19.4 Å². The summed E-state index contributed by atoms with van der Waals surface area (Å²) in [6, 6.07) is 1.97.